The topological polar surface area (TPSA) is 46.3 Å². The lowest BCUT2D eigenvalue weighted by molar-refractivity contribution is -0.129. The van der Waals surface area contributed by atoms with Crippen LogP contribution in [0.5, 0.6) is 0 Å². The fourth-order valence-corrected chi connectivity index (χ4v) is 2.95. The smallest absolute Gasteiger partial charge is 0.225 e. The van der Waals surface area contributed by atoms with Crippen LogP contribution in [0, 0.1) is 6.92 Å². The molecule has 3 nitrogen and oxygen atoms in total. The Bertz CT molecular complexity index is 499. The Morgan fingerprint density at radius 2 is 2.11 bits per heavy atom. The molecule has 2 N–H and O–H groups in total. The van der Waals surface area contributed by atoms with Crippen molar-refractivity contribution >= 4 is 17.5 Å². The Balaban J connectivity index is 1.97. The largest absolute Gasteiger partial charge is 0.331 e. The van der Waals surface area contributed by atoms with E-state index in [1.54, 1.807) is 0 Å². The van der Waals surface area contributed by atoms with Crippen LogP contribution in [0.4, 0.5) is 0 Å². The fourth-order valence-electron chi connectivity index (χ4n) is 2.76. The molecular weight excluding hydrogens is 248 g/mol. The first-order chi connectivity index (χ1) is 8.58. The number of nitrogens with zero attached hydrogens (tertiary/aromatic N) is 1. The minimum Gasteiger partial charge on any atom is -0.331 e. The van der Waals surface area contributed by atoms with Crippen molar-refractivity contribution < 1.29 is 4.79 Å². The molecule has 0 radical (unpaired) electrons. The van der Waals surface area contributed by atoms with Gasteiger partial charge in [0.05, 0.1) is 6.04 Å². The van der Waals surface area contributed by atoms with E-state index >= 15 is 0 Å². The molecule has 2 fully saturated rings. The van der Waals surface area contributed by atoms with E-state index < -0.39 is 0 Å². The van der Waals surface area contributed by atoms with Crippen LogP contribution in [0.15, 0.2) is 18.2 Å². The number of carbonyl (C=O) groups is 1. The molecule has 2 aliphatic rings. The minimum atomic E-state index is -0.114. The average Bonchev–Trinajstić information content (AvgIpc) is 3.09. The van der Waals surface area contributed by atoms with Crippen LogP contribution in [0.1, 0.15) is 36.4 Å². The fraction of sp³-hybridized carbons (Fsp3) is 0.500. The lowest BCUT2D eigenvalue weighted by atomic mass is 9.99. The standard InChI is InChI=1S/C14H17ClN2O/c1-8-2-3-9(6-11(8)15)14-12(16)7-13(18)17(14)10-4-5-10/h2-3,6,10,12,14H,4-5,7,16H2,1H3. The summed E-state index contributed by atoms with van der Waals surface area (Å²) in [6.07, 6.45) is 2.66. The molecule has 18 heavy (non-hydrogen) atoms. The van der Waals surface area contributed by atoms with Crippen molar-refractivity contribution in [3.63, 3.8) is 0 Å². The molecule has 1 aromatic rings. The lowest BCUT2D eigenvalue weighted by Crippen LogP contribution is -2.34. The summed E-state index contributed by atoms with van der Waals surface area (Å²) in [6, 6.07) is 6.28. The average molecular weight is 265 g/mol. The van der Waals surface area contributed by atoms with Gasteiger partial charge in [-0.05, 0) is 37.0 Å². The highest BCUT2D eigenvalue weighted by Gasteiger charge is 2.45. The molecule has 2 unspecified atom stereocenters. The molecule has 96 valence electrons. The molecule has 2 atom stereocenters. The number of likely N-dealkylation sites (tertiary alicyclic amines) is 1. The molecule has 0 spiro atoms. The Labute approximate surface area is 112 Å². The van der Waals surface area contributed by atoms with E-state index in [4.69, 9.17) is 17.3 Å². The lowest BCUT2D eigenvalue weighted by Gasteiger charge is -2.27. The van der Waals surface area contributed by atoms with Crippen molar-refractivity contribution in [3.05, 3.63) is 34.3 Å². The van der Waals surface area contributed by atoms with Gasteiger partial charge in [0.2, 0.25) is 5.91 Å². The van der Waals surface area contributed by atoms with E-state index in [2.05, 4.69) is 0 Å². The molecule has 1 aromatic carbocycles. The van der Waals surface area contributed by atoms with Crippen LogP contribution in [0.3, 0.4) is 0 Å². The summed E-state index contributed by atoms with van der Waals surface area (Å²) in [5.74, 6) is 0.187. The summed E-state index contributed by atoms with van der Waals surface area (Å²) in [7, 11) is 0. The molecule has 1 aliphatic heterocycles. The summed E-state index contributed by atoms with van der Waals surface area (Å²) in [4.78, 5) is 14.0. The van der Waals surface area contributed by atoms with Gasteiger partial charge in [-0.1, -0.05) is 23.7 Å². The summed E-state index contributed by atoms with van der Waals surface area (Å²) in [5, 5.41) is 0.745. The second-order valence-corrected chi connectivity index (χ2v) is 5.76. The zero-order valence-electron chi connectivity index (χ0n) is 10.4. The molecule has 4 heteroatoms. The normalized spacial score (nSPS) is 27.9. The highest BCUT2D eigenvalue weighted by molar-refractivity contribution is 6.31. The number of nitrogens with two attached hydrogens (primary N) is 1. The number of benzene rings is 1. The number of rotatable bonds is 2. The van der Waals surface area contributed by atoms with Gasteiger partial charge in [0.15, 0.2) is 0 Å². The maximum absolute atomic E-state index is 12.0. The summed E-state index contributed by atoms with van der Waals surface area (Å²) < 4.78 is 0. The maximum atomic E-state index is 12.0. The van der Waals surface area contributed by atoms with Gasteiger partial charge in [-0.25, -0.2) is 0 Å². The van der Waals surface area contributed by atoms with Crippen LogP contribution < -0.4 is 5.73 Å². The Hall–Kier alpha value is -1.06. The molecule has 1 saturated carbocycles. The van der Waals surface area contributed by atoms with Crippen molar-refractivity contribution in [2.75, 3.05) is 0 Å². The first-order valence-electron chi connectivity index (χ1n) is 6.40. The zero-order valence-corrected chi connectivity index (χ0v) is 11.2. The number of halogens is 1. The minimum absolute atomic E-state index is 0.00287. The third kappa shape index (κ3) is 1.91. The predicted molar refractivity (Wildman–Crippen MR) is 71.4 cm³/mol. The number of hydrogen-bond acceptors (Lipinski definition) is 2. The monoisotopic (exact) mass is 264 g/mol. The first-order valence-corrected chi connectivity index (χ1v) is 6.78. The van der Waals surface area contributed by atoms with E-state index in [0.29, 0.717) is 12.5 Å². The number of amides is 1. The van der Waals surface area contributed by atoms with Crippen LogP contribution >= 0.6 is 11.6 Å². The molecule has 0 bridgehead atoms. The van der Waals surface area contributed by atoms with Gasteiger partial charge in [-0.15, -0.1) is 0 Å². The summed E-state index contributed by atoms with van der Waals surface area (Å²) >= 11 is 6.18. The van der Waals surface area contributed by atoms with Crippen LogP contribution in [-0.4, -0.2) is 22.9 Å². The molecule has 1 heterocycles. The Morgan fingerprint density at radius 3 is 2.72 bits per heavy atom. The van der Waals surface area contributed by atoms with Crippen molar-refractivity contribution in [2.45, 2.75) is 44.3 Å². The zero-order chi connectivity index (χ0) is 12.9. The van der Waals surface area contributed by atoms with Gasteiger partial charge in [0.25, 0.3) is 0 Å². The van der Waals surface area contributed by atoms with E-state index in [9.17, 15) is 4.79 Å². The molecule has 1 aliphatic carbocycles. The first kappa shape index (κ1) is 12.0. The van der Waals surface area contributed by atoms with E-state index in [1.165, 1.54) is 0 Å². The third-order valence-electron chi connectivity index (χ3n) is 3.88. The van der Waals surface area contributed by atoms with Crippen LogP contribution in [0.25, 0.3) is 0 Å². The third-order valence-corrected chi connectivity index (χ3v) is 4.29. The predicted octanol–water partition coefficient (Wildman–Crippen LogP) is 2.41. The van der Waals surface area contributed by atoms with Crippen LogP contribution in [0.2, 0.25) is 5.02 Å². The summed E-state index contributed by atoms with van der Waals surface area (Å²) in [6.45, 7) is 1.98. The summed E-state index contributed by atoms with van der Waals surface area (Å²) in [5.41, 5.74) is 8.26. The number of hydrogen-bond donors (Lipinski definition) is 1. The van der Waals surface area contributed by atoms with Gasteiger partial charge >= 0.3 is 0 Å². The van der Waals surface area contributed by atoms with Gasteiger partial charge in [-0.3, -0.25) is 4.79 Å². The van der Waals surface area contributed by atoms with Crippen molar-refractivity contribution in [2.24, 2.45) is 5.73 Å². The van der Waals surface area contributed by atoms with Gasteiger partial charge in [-0.2, -0.15) is 0 Å². The molecule has 3 rings (SSSR count). The highest BCUT2D eigenvalue weighted by Crippen LogP contribution is 2.41. The van der Waals surface area contributed by atoms with E-state index in [1.807, 2.05) is 30.0 Å². The Kier molecular flexibility index (Phi) is 2.83. The molecule has 1 saturated heterocycles. The Morgan fingerprint density at radius 1 is 1.39 bits per heavy atom. The van der Waals surface area contributed by atoms with E-state index in [-0.39, 0.29) is 18.0 Å². The van der Waals surface area contributed by atoms with Crippen molar-refractivity contribution in [1.29, 1.82) is 0 Å². The van der Waals surface area contributed by atoms with Crippen molar-refractivity contribution in [1.82, 2.24) is 4.90 Å². The van der Waals surface area contributed by atoms with E-state index in [0.717, 1.165) is 29.0 Å². The van der Waals surface area contributed by atoms with Crippen molar-refractivity contribution in [3.8, 4) is 0 Å². The maximum Gasteiger partial charge on any atom is 0.225 e. The quantitative estimate of drug-likeness (QED) is 0.892. The van der Waals surface area contributed by atoms with Gasteiger partial charge < -0.3 is 10.6 Å². The van der Waals surface area contributed by atoms with Crippen LogP contribution in [-0.2, 0) is 4.79 Å². The number of carbonyl (C=O) groups excluding carboxylic acids is 1. The molecule has 0 aromatic heterocycles. The molecular formula is C14H17ClN2O. The molecule has 1 amide bonds. The van der Waals surface area contributed by atoms with Gasteiger partial charge in [0, 0.05) is 23.5 Å². The van der Waals surface area contributed by atoms with Gasteiger partial charge in [0.1, 0.15) is 0 Å². The number of aryl methyl sites for hydroxylation is 1. The second kappa shape index (κ2) is 4.25. The SMILES string of the molecule is Cc1ccc(C2C(N)CC(=O)N2C2CC2)cc1Cl. The highest BCUT2D eigenvalue weighted by atomic mass is 35.5. The second-order valence-electron chi connectivity index (χ2n) is 5.35.